The summed E-state index contributed by atoms with van der Waals surface area (Å²) in [5.41, 5.74) is 0.972. The zero-order valence-corrected chi connectivity index (χ0v) is 13.0. The summed E-state index contributed by atoms with van der Waals surface area (Å²) in [6.07, 6.45) is 1.43. The summed E-state index contributed by atoms with van der Waals surface area (Å²) >= 11 is 7.31. The van der Waals surface area contributed by atoms with Crippen molar-refractivity contribution >= 4 is 39.1 Å². The Morgan fingerprint density at radius 2 is 2.05 bits per heavy atom. The number of fused-ring (bicyclic) bond motifs is 1. The number of hydrogen-bond acceptors (Lipinski definition) is 5. The van der Waals surface area contributed by atoms with Gasteiger partial charge in [0.15, 0.2) is 6.61 Å². The molecule has 2 heterocycles. The van der Waals surface area contributed by atoms with E-state index >= 15 is 0 Å². The van der Waals surface area contributed by atoms with Gasteiger partial charge in [0.05, 0.1) is 5.39 Å². The number of carbonyl (C=O) groups is 1. The van der Waals surface area contributed by atoms with Crippen LogP contribution in [-0.4, -0.2) is 22.5 Å². The highest BCUT2D eigenvalue weighted by Crippen LogP contribution is 2.25. The predicted molar refractivity (Wildman–Crippen MR) is 86.2 cm³/mol. The van der Waals surface area contributed by atoms with Crippen molar-refractivity contribution in [3.8, 4) is 5.88 Å². The molecule has 0 saturated carbocycles. The molecule has 22 heavy (non-hydrogen) atoms. The van der Waals surface area contributed by atoms with Crippen molar-refractivity contribution in [2.24, 2.45) is 0 Å². The third-order valence-electron chi connectivity index (χ3n) is 2.97. The van der Waals surface area contributed by atoms with Gasteiger partial charge >= 0.3 is 0 Å². The normalized spacial score (nSPS) is 10.6. The fraction of sp³-hybridized carbons (Fsp3) is 0.133. The molecule has 3 aromatic rings. The van der Waals surface area contributed by atoms with Gasteiger partial charge in [-0.25, -0.2) is 9.97 Å². The van der Waals surface area contributed by atoms with Gasteiger partial charge in [0.25, 0.3) is 5.91 Å². The number of nitrogens with zero attached hydrogens (tertiary/aromatic N) is 2. The Morgan fingerprint density at radius 3 is 2.86 bits per heavy atom. The summed E-state index contributed by atoms with van der Waals surface area (Å²) in [7, 11) is 0. The lowest BCUT2D eigenvalue weighted by atomic mass is 10.2. The van der Waals surface area contributed by atoms with Crippen LogP contribution in [0.15, 0.2) is 42.0 Å². The number of carbonyl (C=O) groups excluding carboxylic acids is 1. The molecule has 5 nitrogen and oxygen atoms in total. The third kappa shape index (κ3) is 3.52. The summed E-state index contributed by atoms with van der Waals surface area (Å²) in [6, 6.07) is 9.17. The SMILES string of the molecule is O=C(COc1ncnc2sccc12)NCc1ccc(Cl)cc1. The smallest absolute Gasteiger partial charge is 0.258 e. The van der Waals surface area contributed by atoms with E-state index < -0.39 is 0 Å². The molecule has 1 amide bonds. The fourth-order valence-corrected chi connectivity index (χ4v) is 2.72. The molecule has 112 valence electrons. The first-order valence-corrected chi connectivity index (χ1v) is 7.80. The molecule has 3 rings (SSSR count). The Morgan fingerprint density at radius 1 is 1.23 bits per heavy atom. The topological polar surface area (TPSA) is 64.1 Å². The van der Waals surface area contributed by atoms with Crippen LogP contribution in [0.4, 0.5) is 0 Å². The summed E-state index contributed by atoms with van der Waals surface area (Å²) in [5.74, 6) is 0.213. The lowest BCUT2D eigenvalue weighted by Crippen LogP contribution is -2.28. The van der Waals surface area contributed by atoms with Gasteiger partial charge in [-0.15, -0.1) is 11.3 Å². The number of thiophene rings is 1. The second-order valence-corrected chi connectivity index (χ2v) is 5.84. The zero-order chi connectivity index (χ0) is 15.4. The molecule has 0 aliphatic carbocycles. The molecular weight excluding hydrogens is 322 g/mol. The molecule has 0 saturated heterocycles. The van der Waals surface area contributed by atoms with Gasteiger partial charge in [-0.1, -0.05) is 23.7 Å². The average molecular weight is 334 g/mol. The number of benzene rings is 1. The van der Waals surface area contributed by atoms with Crippen LogP contribution >= 0.6 is 22.9 Å². The van der Waals surface area contributed by atoms with Crippen LogP contribution in [0.25, 0.3) is 10.2 Å². The van der Waals surface area contributed by atoms with Crippen LogP contribution in [0, 0.1) is 0 Å². The van der Waals surface area contributed by atoms with E-state index in [1.165, 1.54) is 17.7 Å². The van der Waals surface area contributed by atoms with Crippen molar-refractivity contribution < 1.29 is 9.53 Å². The minimum atomic E-state index is -0.211. The number of nitrogens with one attached hydrogen (secondary N) is 1. The van der Waals surface area contributed by atoms with Gasteiger partial charge in [0, 0.05) is 11.6 Å². The molecule has 0 fully saturated rings. The molecule has 0 unspecified atom stereocenters. The van der Waals surface area contributed by atoms with Crippen molar-refractivity contribution in [3.63, 3.8) is 0 Å². The minimum absolute atomic E-state index is 0.0877. The Labute approximate surface area is 135 Å². The molecule has 1 N–H and O–H groups in total. The van der Waals surface area contributed by atoms with Crippen molar-refractivity contribution in [3.05, 3.63) is 52.6 Å². The first kappa shape index (κ1) is 14.7. The van der Waals surface area contributed by atoms with E-state index in [0.717, 1.165) is 15.8 Å². The Hall–Kier alpha value is -2.18. The van der Waals surface area contributed by atoms with Gasteiger partial charge in [-0.2, -0.15) is 0 Å². The highest BCUT2D eigenvalue weighted by Gasteiger charge is 2.08. The lowest BCUT2D eigenvalue weighted by molar-refractivity contribution is -0.123. The van der Waals surface area contributed by atoms with Gasteiger partial charge in [-0.3, -0.25) is 4.79 Å². The lowest BCUT2D eigenvalue weighted by Gasteiger charge is -2.07. The number of halogens is 1. The van der Waals surface area contributed by atoms with Crippen LogP contribution in [0.1, 0.15) is 5.56 Å². The van der Waals surface area contributed by atoms with Crippen LogP contribution in [0.3, 0.4) is 0 Å². The van der Waals surface area contributed by atoms with E-state index in [1.807, 2.05) is 23.6 Å². The van der Waals surface area contributed by atoms with Crippen LogP contribution in [0.2, 0.25) is 5.02 Å². The molecule has 1 aromatic carbocycles. The average Bonchev–Trinajstić information content (AvgIpc) is 3.01. The largest absolute Gasteiger partial charge is 0.467 e. The second-order valence-electron chi connectivity index (χ2n) is 4.51. The molecule has 0 atom stereocenters. The van der Waals surface area contributed by atoms with Gasteiger partial charge in [-0.05, 0) is 29.1 Å². The highest BCUT2D eigenvalue weighted by atomic mass is 35.5. The monoisotopic (exact) mass is 333 g/mol. The van der Waals surface area contributed by atoms with Crippen LogP contribution in [0.5, 0.6) is 5.88 Å². The number of amides is 1. The van der Waals surface area contributed by atoms with Gasteiger partial charge in [0.1, 0.15) is 11.2 Å². The zero-order valence-electron chi connectivity index (χ0n) is 11.5. The maximum atomic E-state index is 11.8. The molecule has 0 spiro atoms. The van der Waals surface area contributed by atoms with Crippen molar-refractivity contribution in [1.29, 1.82) is 0 Å². The van der Waals surface area contributed by atoms with Crippen LogP contribution in [-0.2, 0) is 11.3 Å². The standard InChI is InChI=1S/C15H12ClN3O2S/c16-11-3-1-10(2-4-11)7-17-13(20)8-21-14-12-5-6-22-15(12)19-9-18-14/h1-6,9H,7-8H2,(H,17,20). The molecule has 0 bridgehead atoms. The number of rotatable bonds is 5. The van der Waals surface area contributed by atoms with Gasteiger partial charge in [0.2, 0.25) is 5.88 Å². The highest BCUT2D eigenvalue weighted by molar-refractivity contribution is 7.16. The minimum Gasteiger partial charge on any atom is -0.467 e. The van der Waals surface area contributed by atoms with E-state index in [-0.39, 0.29) is 12.5 Å². The Kier molecular flexibility index (Phi) is 4.50. The summed E-state index contributed by atoms with van der Waals surface area (Å²) < 4.78 is 5.47. The van der Waals surface area contributed by atoms with Crippen LogP contribution < -0.4 is 10.1 Å². The maximum absolute atomic E-state index is 11.8. The number of ether oxygens (including phenoxy) is 1. The third-order valence-corrected chi connectivity index (χ3v) is 4.04. The first-order chi connectivity index (χ1) is 10.7. The van der Waals surface area contributed by atoms with E-state index in [2.05, 4.69) is 15.3 Å². The van der Waals surface area contributed by atoms with E-state index in [0.29, 0.717) is 17.4 Å². The molecule has 2 aromatic heterocycles. The van der Waals surface area contributed by atoms with Gasteiger partial charge < -0.3 is 10.1 Å². The van der Waals surface area contributed by atoms with Crippen molar-refractivity contribution in [2.75, 3.05) is 6.61 Å². The molecular formula is C15H12ClN3O2S. The molecule has 0 aliphatic heterocycles. The fourth-order valence-electron chi connectivity index (χ4n) is 1.87. The van der Waals surface area contributed by atoms with Crippen molar-refractivity contribution in [2.45, 2.75) is 6.54 Å². The maximum Gasteiger partial charge on any atom is 0.258 e. The molecule has 0 radical (unpaired) electrons. The molecule has 7 heteroatoms. The quantitative estimate of drug-likeness (QED) is 0.779. The van der Waals surface area contributed by atoms with E-state index in [4.69, 9.17) is 16.3 Å². The number of aromatic nitrogens is 2. The number of hydrogen-bond donors (Lipinski definition) is 1. The summed E-state index contributed by atoms with van der Waals surface area (Å²) in [4.78, 5) is 20.9. The summed E-state index contributed by atoms with van der Waals surface area (Å²) in [6.45, 7) is 0.340. The first-order valence-electron chi connectivity index (χ1n) is 6.54. The predicted octanol–water partition coefficient (Wildman–Crippen LogP) is 3.04. The summed E-state index contributed by atoms with van der Waals surface area (Å²) in [5, 5.41) is 6.18. The van der Waals surface area contributed by atoms with E-state index in [9.17, 15) is 4.79 Å². The van der Waals surface area contributed by atoms with Crippen molar-refractivity contribution in [1.82, 2.24) is 15.3 Å². The second kappa shape index (κ2) is 6.72. The molecule has 0 aliphatic rings. The van der Waals surface area contributed by atoms with E-state index in [1.54, 1.807) is 12.1 Å². The Bertz CT molecular complexity index is 789. The Balaban J connectivity index is 1.54.